The molecule has 3 aromatic carbocycles. The number of fused-ring (bicyclic) bond motifs is 4. The van der Waals surface area contributed by atoms with Crippen LogP contribution in [0.1, 0.15) is 0 Å². The van der Waals surface area contributed by atoms with E-state index in [1.165, 1.54) is 20.2 Å². The Morgan fingerprint density at radius 3 is 2.45 bits per heavy atom. The number of hydrogen-bond donors (Lipinski definition) is 2. The number of pyridine rings is 1. The summed E-state index contributed by atoms with van der Waals surface area (Å²) in [7, 11) is 0. The molecule has 0 aliphatic heterocycles. The van der Waals surface area contributed by atoms with Gasteiger partial charge in [-0.25, -0.2) is 0 Å². The van der Waals surface area contributed by atoms with E-state index >= 15 is 0 Å². The van der Waals surface area contributed by atoms with Crippen LogP contribution in [-0.4, -0.2) is 4.98 Å². The molecule has 2 heterocycles. The van der Waals surface area contributed by atoms with Gasteiger partial charge in [-0.2, -0.15) is 0 Å². The number of aromatic nitrogens is 1. The molecule has 0 amide bonds. The van der Waals surface area contributed by atoms with E-state index in [1.54, 1.807) is 11.3 Å². The topological polar surface area (TPSA) is 39.6 Å². The highest BCUT2D eigenvalue weighted by Gasteiger charge is 2.11. The Kier molecular flexibility index (Phi) is 2.27. The van der Waals surface area contributed by atoms with Crippen LogP contribution in [0.3, 0.4) is 0 Å². The first-order chi connectivity index (χ1) is 10.8. The number of nitrogens with one attached hydrogen (secondary N) is 2. The van der Waals surface area contributed by atoms with Crippen LogP contribution in [0.15, 0.2) is 60.7 Å². The quantitative estimate of drug-likeness (QED) is 0.293. The smallest absolute Gasteiger partial charge is 0.0632 e. The van der Waals surface area contributed by atoms with E-state index in [4.69, 9.17) is 5.41 Å². The van der Waals surface area contributed by atoms with Gasteiger partial charge in [0.15, 0.2) is 0 Å². The summed E-state index contributed by atoms with van der Waals surface area (Å²) in [4.78, 5) is 3.53. The zero-order valence-electron chi connectivity index (χ0n) is 11.7. The predicted octanol–water partition coefficient (Wildman–Crippen LogP) is 5.17. The van der Waals surface area contributed by atoms with Crippen LogP contribution in [0.5, 0.6) is 0 Å². The zero-order valence-corrected chi connectivity index (χ0v) is 12.5. The summed E-state index contributed by atoms with van der Waals surface area (Å²) in [5.41, 5.74) is 2.28. The Morgan fingerprint density at radius 1 is 0.727 bits per heavy atom. The fourth-order valence-electron chi connectivity index (χ4n) is 3.29. The Balaban J connectivity index is 2.24. The third-order valence-corrected chi connectivity index (χ3v) is 5.43. The lowest BCUT2D eigenvalue weighted by molar-refractivity contribution is 1.31. The third-order valence-electron chi connectivity index (χ3n) is 4.24. The summed E-state index contributed by atoms with van der Waals surface area (Å²) in [6.07, 6.45) is 0. The minimum absolute atomic E-state index is 0.594. The van der Waals surface area contributed by atoms with Crippen LogP contribution >= 0.6 is 11.3 Å². The van der Waals surface area contributed by atoms with E-state index in [0.717, 1.165) is 21.8 Å². The van der Waals surface area contributed by atoms with Crippen molar-refractivity contribution in [1.29, 1.82) is 5.41 Å². The van der Waals surface area contributed by atoms with E-state index in [1.807, 2.05) is 12.1 Å². The molecule has 104 valence electrons. The fourth-order valence-corrected chi connectivity index (χ4v) is 4.59. The Labute approximate surface area is 130 Å². The van der Waals surface area contributed by atoms with Crippen LogP contribution in [0.25, 0.3) is 42.0 Å². The van der Waals surface area contributed by atoms with Gasteiger partial charge < -0.3 is 10.4 Å². The second kappa shape index (κ2) is 4.18. The van der Waals surface area contributed by atoms with Crippen molar-refractivity contribution < 1.29 is 0 Å². The summed E-state index contributed by atoms with van der Waals surface area (Å²) in [6, 6.07) is 20.7. The number of benzene rings is 3. The predicted molar refractivity (Wildman–Crippen MR) is 94.5 cm³/mol. The summed E-state index contributed by atoms with van der Waals surface area (Å²) in [5, 5.41) is 13.6. The Hall–Kier alpha value is -2.65. The van der Waals surface area contributed by atoms with Crippen molar-refractivity contribution in [3.8, 4) is 0 Å². The van der Waals surface area contributed by atoms with Crippen molar-refractivity contribution in [1.82, 2.24) is 4.98 Å². The summed E-state index contributed by atoms with van der Waals surface area (Å²) in [6.45, 7) is 0. The molecule has 3 heteroatoms. The lowest BCUT2D eigenvalue weighted by Gasteiger charge is -2.11. The molecular weight excluding hydrogens is 288 g/mol. The van der Waals surface area contributed by atoms with E-state index in [0.29, 0.717) is 5.36 Å². The molecule has 0 unspecified atom stereocenters. The van der Waals surface area contributed by atoms with Gasteiger partial charge in [0.25, 0.3) is 0 Å². The monoisotopic (exact) mass is 300 g/mol. The van der Waals surface area contributed by atoms with E-state index in [9.17, 15) is 0 Å². The van der Waals surface area contributed by atoms with Crippen molar-refractivity contribution in [2.45, 2.75) is 0 Å². The number of hydrogen-bond acceptors (Lipinski definition) is 2. The minimum atomic E-state index is 0.594. The zero-order chi connectivity index (χ0) is 14.7. The van der Waals surface area contributed by atoms with Crippen molar-refractivity contribution in [3.63, 3.8) is 0 Å². The number of para-hydroxylation sites is 1. The van der Waals surface area contributed by atoms with Crippen molar-refractivity contribution in [3.05, 3.63) is 66.0 Å². The van der Waals surface area contributed by atoms with Crippen LogP contribution in [0.4, 0.5) is 0 Å². The van der Waals surface area contributed by atoms with Gasteiger partial charge in [-0.15, -0.1) is 11.3 Å². The third kappa shape index (κ3) is 1.46. The van der Waals surface area contributed by atoms with Crippen molar-refractivity contribution in [2.24, 2.45) is 0 Å². The van der Waals surface area contributed by atoms with E-state index < -0.39 is 0 Å². The van der Waals surface area contributed by atoms with Crippen molar-refractivity contribution >= 4 is 53.3 Å². The SMILES string of the molecule is N=c1cccc2sc3c4ccccc4[nH]c4cccc(c12)c43. The van der Waals surface area contributed by atoms with Crippen LogP contribution < -0.4 is 5.36 Å². The largest absolute Gasteiger partial charge is 0.354 e. The highest BCUT2D eigenvalue weighted by Crippen LogP contribution is 2.38. The second-order valence-corrected chi connectivity index (χ2v) is 6.56. The van der Waals surface area contributed by atoms with Gasteiger partial charge in [-0.3, -0.25) is 0 Å². The first-order valence-electron chi connectivity index (χ1n) is 7.22. The molecule has 2 N–H and O–H groups in total. The highest BCUT2D eigenvalue weighted by molar-refractivity contribution is 7.25. The van der Waals surface area contributed by atoms with Crippen molar-refractivity contribution in [2.75, 3.05) is 0 Å². The first kappa shape index (κ1) is 12.0. The molecule has 0 bridgehead atoms. The molecule has 0 aliphatic rings. The summed E-state index contributed by atoms with van der Waals surface area (Å²) < 4.78 is 2.46. The second-order valence-electron chi connectivity index (χ2n) is 5.51. The molecule has 5 aromatic rings. The molecule has 2 aromatic heterocycles. The molecular formula is C19H12N2S. The summed E-state index contributed by atoms with van der Waals surface area (Å²) >= 11 is 1.78. The van der Waals surface area contributed by atoms with Crippen LogP contribution in [-0.2, 0) is 0 Å². The van der Waals surface area contributed by atoms with Gasteiger partial charge in [0.2, 0.25) is 0 Å². The minimum Gasteiger partial charge on any atom is -0.354 e. The molecule has 0 atom stereocenters. The van der Waals surface area contributed by atoms with E-state index in [-0.39, 0.29) is 0 Å². The average Bonchev–Trinajstić information content (AvgIpc) is 2.55. The maximum Gasteiger partial charge on any atom is 0.0632 e. The first-order valence-corrected chi connectivity index (χ1v) is 8.04. The summed E-state index contributed by atoms with van der Waals surface area (Å²) in [5.74, 6) is 0. The molecule has 0 saturated heterocycles. The average molecular weight is 300 g/mol. The number of rotatable bonds is 0. The normalized spacial score (nSPS) is 11.8. The number of aromatic amines is 1. The molecule has 0 radical (unpaired) electrons. The molecule has 0 fully saturated rings. The number of H-pyrrole nitrogens is 1. The van der Waals surface area contributed by atoms with Gasteiger partial charge in [0.1, 0.15) is 0 Å². The Morgan fingerprint density at radius 2 is 1.50 bits per heavy atom. The molecule has 5 rings (SSSR count). The molecule has 0 saturated carbocycles. The van der Waals surface area contributed by atoms with Gasteiger partial charge >= 0.3 is 0 Å². The highest BCUT2D eigenvalue weighted by atomic mass is 32.1. The van der Waals surface area contributed by atoms with Gasteiger partial charge in [0.05, 0.1) is 5.36 Å². The van der Waals surface area contributed by atoms with Crippen LogP contribution in [0.2, 0.25) is 0 Å². The lowest BCUT2D eigenvalue weighted by Crippen LogP contribution is -1.99. The van der Waals surface area contributed by atoms with Gasteiger partial charge in [-0.1, -0.05) is 36.4 Å². The van der Waals surface area contributed by atoms with Gasteiger partial charge in [-0.05, 0) is 29.7 Å². The molecule has 2 nitrogen and oxygen atoms in total. The lowest BCUT2D eigenvalue weighted by atomic mass is 10.0. The fraction of sp³-hybridized carbons (Fsp3) is 0. The standard InChI is InChI=1S/C19H12N2S/c20-13-7-4-10-16-17(13)12-6-3-9-15-18(12)19(22-16)11-5-1-2-8-14(11)21-15/h1-10,20-21H. The molecule has 0 aliphatic carbocycles. The van der Waals surface area contributed by atoms with Crippen LogP contribution in [0, 0.1) is 5.41 Å². The molecule has 0 spiro atoms. The maximum absolute atomic E-state index is 8.29. The molecule has 22 heavy (non-hydrogen) atoms. The van der Waals surface area contributed by atoms with Gasteiger partial charge in [0, 0.05) is 36.6 Å². The maximum atomic E-state index is 8.29. The Bertz CT molecular complexity index is 1240. The van der Waals surface area contributed by atoms with E-state index in [2.05, 4.69) is 53.5 Å².